The third-order valence-corrected chi connectivity index (χ3v) is 8.86. The van der Waals surface area contributed by atoms with Crippen molar-refractivity contribution in [2.24, 2.45) is 0 Å². The monoisotopic (exact) mass is 619 g/mol. The number of unbranched alkanes of at least 4 members (excludes halogenated alkanes) is 18. The Morgan fingerprint density at radius 3 is 1.60 bits per heavy atom. The first-order valence-corrected chi connectivity index (χ1v) is 18.1. The summed E-state index contributed by atoms with van der Waals surface area (Å²) in [4.78, 5) is 0. The lowest BCUT2D eigenvalue weighted by Crippen LogP contribution is -2.59. The second-order valence-electron chi connectivity index (χ2n) is 13.8. The summed E-state index contributed by atoms with van der Waals surface area (Å²) < 4.78 is 18.0. The minimum Gasteiger partial charge on any atom is -0.387 e. The molecule has 8 heteroatoms. The van der Waals surface area contributed by atoms with Gasteiger partial charge in [-0.25, -0.2) is 0 Å². The second kappa shape index (κ2) is 25.8. The predicted octanol–water partition coefficient (Wildman–Crippen LogP) is 6.11. The first-order valence-electron chi connectivity index (χ1n) is 18.1. The molecule has 0 aromatic heterocycles. The van der Waals surface area contributed by atoms with Crippen LogP contribution in [-0.2, 0) is 14.2 Å². The Labute approximate surface area is 265 Å². The molecule has 0 radical (unpaired) electrons. The fraction of sp³-hybridized carbons (Fsp3) is 1.00. The number of ether oxygens (including phenoxy) is 3. The van der Waals surface area contributed by atoms with Gasteiger partial charge in [0.2, 0.25) is 0 Å². The number of hydrogen-bond acceptors (Lipinski definition) is 7. The summed E-state index contributed by atoms with van der Waals surface area (Å²) in [5.41, 5.74) is 0. The van der Waals surface area contributed by atoms with Crippen LogP contribution in [0, 0.1) is 0 Å². The molecule has 0 amide bonds. The number of aliphatic hydroxyl groups excluding tert-OH is 4. The van der Waals surface area contributed by atoms with Gasteiger partial charge in [-0.1, -0.05) is 123 Å². The molecule has 1 rings (SSSR count). The van der Waals surface area contributed by atoms with E-state index in [0.717, 1.165) is 30.3 Å². The second-order valence-corrected chi connectivity index (χ2v) is 13.8. The molecule has 0 aliphatic carbocycles. The van der Waals surface area contributed by atoms with Gasteiger partial charge < -0.3 is 39.1 Å². The summed E-state index contributed by atoms with van der Waals surface area (Å²) in [7, 11) is 4.28. The van der Waals surface area contributed by atoms with Crippen molar-refractivity contribution in [2.45, 2.75) is 179 Å². The molecule has 0 spiro atoms. The molecule has 43 heavy (non-hydrogen) atoms. The average molecular weight is 619 g/mol. The Hall–Kier alpha value is -0.320. The Morgan fingerprint density at radius 2 is 1.09 bits per heavy atom. The molecule has 8 nitrogen and oxygen atoms in total. The molecule has 0 bridgehead atoms. The van der Waals surface area contributed by atoms with E-state index in [9.17, 15) is 20.4 Å². The largest absolute Gasteiger partial charge is 0.387 e. The first-order chi connectivity index (χ1) is 20.7. The molecule has 258 valence electrons. The van der Waals surface area contributed by atoms with Crippen LogP contribution in [0.5, 0.6) is 0 Å². The predicted molar refractivity (Wildman–Crippen MR) is 175 cm³/mol. The van der Waals surface area contributed by atoms with Crippen molar-refractivity contribution in [3.05, 3.63) is 0 Å². The Bertz CT molecular complexity index is 623. The SMILES string of the molecule is CCCCCCCCCCCCO[C@H]1O[C@H](COCC(O)C[N+](C)(C)CCCCCCCCCCCC)[C@@H](O)[C@H](O)[C@H]1O. The standard InChI is InChI=1S/C35H72NO7/c1-5-7-9-11-13-15-17-19-21-23-25-36(3,4)27-30(37)28-41-29-31-32(38)33(39)34(40)35(43-31)42-26-24-22-20-18-16-14-12-10-8-6-2/h30-35,37-40H,5-29H2,1-4H3/q+1/t30?,31-,32-,33+,34-,35+/m1/s1. The molecular formula is C35H72NO7+. The molecule has 4 N–H and O–H groups in total. The lowest BCUT2D eigenvalue weighted by molar-refractivity contribution is -0.893. The van der Waals surface area contributed by atoms with E-state index in [0.29, 0.717) is 13.2 Å². The van der Waals surface area contributed by atoms with Crippen molar-refractivity contribution in [3.8, 4) is 0 Å². The van der Waals surface area contributed by atoms with E-state index in [4.69, 9.17) is 14.2 Å². The van der Waals surface area contributed by atoms with Gasteiger partial charge in [-0.3, -0.25) is 0 Å². The smallest absolute Gasteiger partial charge is 0.186 e. The van der Waals surface area contributed by atoms with E-state index < -0.39 is 36.8 Å². The van der Waals surface area contributed by atoms with E-state index in [-0.39, 0.29) is 13.2 Å². The molecule has 1 unspecified atom stereocenters. The van der Waals surface area contributed by atoms with Gasteiger partial charge >= 0.3 is 0 Å². The van der Waals surface area contributed by atoms with Gasteiger partial charge in [0.1, 0.15) is 37.1 Å². The van der Waals surface area contributed by atoms with Gasteiger partial charge in [0.25, 0.3) is 0 Å². The van der Waals surface area contributed by atoms with Gasteiger partial charge in [0.05, 0.1) is 33.9 Å². The Balaban J connectivity index is 2.19. The average Bonchev–Trinajstić information content (AvgIpc) is 2.97. The number of quaternary nitrogens is 1. The summed E-state index contributed by atoms with van der Waals surface area (Å²) in [6, 6.07) is 0. The van der Waals surface area contributed by atoms with Gasteiger partial charge in [0.15, 0.2) is 6.29 Å². The fourth-order valence-electron chi connectivity index (χ4n) is 6.04. The number of hydrogen-bond donors (Lipinski definition) is 4. The summed E-state index contributed by atoms with van der Waals surface area (Å²) in [6.45, 7) is 6.65. The van der Waals surface area contributed by atoms with Crippen molar-refractivity contribution in [3.63, 3.8) is 0 Å². The van der Waals surface area contributed by atoms with Crippen LogP contribution in [-0.4, -0.2) is 109 Å². The number of rotatable bonds is 29. The lowest BCUT2D eigenvalue weighted by Gasteiger charge is -2.40. The maximum atomic E-state index is 10.6. The first kappa shape index (κ1) is 40.7. The van der Waals surface area contributed by atoms with E-state index in [1.54, 1.807) is 0 Å². The minimum atomic E-state index is -1.37. The molecule has 6 atom stereocenters. The van der Waals surface area contributed by atoms with Crippen LogP contribution >= 0.6 is 0 Å². The third kappa shape index (κ3) is 20.4. The third-order valence-electron chi connectivity index (χ3n) is 8.86. The molecule has 1 aliphatic rings. The van der Waals surface area contributed by atoms with Crippen molar-refractivity contribution in [1.29, 1.82) is 0 Å². The maximum Gasteiger partial charge on any atom is 0.186 e. The topological polar surface area (TPSA) is 109 Å². The molecular weight excluding hydrogens is 546 g/mol. The minimum absolute atomic E-state index is 0.00595. The molecule has 1 saturated heterocycles. The summed E-state index contributed by atoms with van der Waals surface area (Å²) in [5, 5.41) is 41.7. The molecule has 1 aliphatic heterocycles. The maximum absolute atomic E-state index is 10.6. The number of likely N-dealkylation sites (N-methyl/N-ethyl adjacent to an activating group) is 1. The van der Waals surface area contributed by atoms with Crippen molar-refractivity contribution >= 4 is 0 Å². The van der Waals surface area contributed by atoms with Crippen LogP contribution in [0.15, 0.2) is 0 Å². The summed E-state index contributed by atoms with van der Waals surface area (Å²) >= 11 is 0. The van der Waals surface area contributed by atoms with Crippen LogP contribution in [0.2, 0.25) is 0 Å². The Morgan fingerprint density at radius 1 is 0.628 bits per heavy atom. The quantitative estimate of drug-likeness (QED) is 0.0592. The highest BCUT2D eigenvalue weighted by atomic mass is 16.7. The van der Waals surface area contributed by atoms with Gasteiger partial charge in [0, 0.05) is 6.61 Å². The molecule has 0 aromatic rings. The summed E-state index contributed by atoms with van der Waals surface area (Å²) in [5.74, 6) is 0. The van der Waals surface area contributed by atoms with Crippen molar-refractivity contribution in [2.75, 3.05) is 47.0 Å². The highest BCUT2D eigenvalue weighted by molar-refractivity contribution is 4.89. The molecule has 1 heterocycles. The zero-order valence-corrected chi connectivity index (χ0v) is 28.6. The summed E-state index contributed by atoms with van der Waals surface area (Å²) in [6.07, 6.45) is 18.9. The molecule has 0 saturated carbocycles. The molecule has 0 aromatic carbocycles. The van der Waals surface area contributed by atoms with E-state index in [2.05, 4.69) is 27.9 Å². The van der Waals surface area contributed by atoms with Crippen LogP contribution in [0.4, 0.5) is 0 Å². The van der Waals surface area contributed by atoms with E-state index in [1.165, 1.54) is 109 Å². The normalized spacial score (nSPS) is 23.6. The van der Waals surface area contributed by atoms with Crippen molar-refractivity contribution in [1.82, 2.24) is 0 Å². The van der Waals surface area contributed by atoms with E-state index >= 15 is 0 Å². The molecule has 1 fully saturated rings. The van der Waals surface area contributed by atoms with Crippen molar-refractivity contribution < 1.29 is 39.1 Å². The lowest BCUT2D eigenvalue weighted by atomic mass is 9.99. The van der Waals surface area contributed by atoms with E-state index in [1.807, 2.05) is 0 Å². The Kier molecular flexibility index (Phi) is 24.4. The van der Waals surface area contributed by atoms with Crippen LogP contribution in [0.3, 0.4) is 0 Å². The zero-order chi connectivity index (χ0) is 31.8. The fourth-order valence-corrected chi connectivity index (χ4v) is 6.04. The highest BCUT2D eigenvalue weighted by Gasteiger charge is 2.44. The van der Waals surface area contributed by atoms with Crippen LogP contribution < -0.4 is 0 Å². The number of nitrogens with zero attached hydrogens (tertiary/aromatic N) is 1. The van der Waals surface area contributed by atoms with Gasteiger partial charge in [-0.15, -0.1) is 0 Å². The van der Waals surface area contributed by atoms with Gasteiger partial charge in [-0.05, 0) is 19.3 Å². The van der Waals surface area contributed by atoms with Crippen LogP contribution in [0.1, 0.15) is 142 Å². The van der Waals surface area contributed by atoms with Gasteiger partial charge in [-0.2, -0.15) is 0 Å². The number of aliphatic hydroxyl groups is 4. The highest BCUT2D eigenvalue weighted by Crippen LogP contribution is 2.23. The zero-order valence-electron chi connectivity index (χ0n) is 28.6. The van der Waals surface area contributed by atoms with Crippen LogP contribution in [0.25, 0.3) is 0 Å².